The SMILES string of the molecule is CNCCCCn1ccn(C2CC2)c1=O. The van der Waals surface area contributed by atoms with Gasteiger partial charge in [-0.05, 0) is 39.3 Å². The van der Waals surface area contributed by atoms with Crippen molar-refractivity contribution in [3.05, 3.63) is 22.9 Å². The second-order valence-corrected chi connectivity index (χ2v) is 4.22. The summed E-state index contributed by atoms with van der Waals surface area (Å²) in [6, 6.07) is 0.496. The molecule has 4 nitrogen and oxygen atoms in total. The van der Waals surface area contributed by atoms with E-state index in [0.29, 0.717) is 6.04 Å². The van der Waals surface area contributed by atoms with E-state index < -0.39 is 0 Å². The Labute approximate surface area is 89.9 Å². The minimum Gasteiger partial charge on any atom is -0.320 e. The Morgan fingerprint density at radius 3 is 2.87 bits per heavy atom. The van der Waals surface area contributed by atoms with E-state index in [2.05, 4.69) is 5.32 Å². The molecule has 84 valence electrons. The summed E-state index contributed by atoms with van der Waals surface area (Å²) in [7, 11) is 1.95. The summed E-state index contributed by atoms with van der Waals surface area (Å²) in [4.78, 5) is 11.8. The summed E-state index contributed by atoms with van der Waals surface area (Å²) >= 11 is 0. The number of hydrogen-bond donors (Lipinski definition) is 1. The molecule has 15 heavy (non-hydrogen) atoms. The van der Waals surface area contributed by atoms with Crippen molar-refractivity contribution in [2.24, 2.45) is 0 Å². The lowest BCUT2D eigenvalue weighted by Gasteiger charge is -2.01. The van der Waals surface area contributed by atoms with Gasteiger partial charge < -0.3 is 5.32 Å². The zero-order valence-electron chi connectivity index (χ0n) is 9.28. The lowest BCUT2D eigenvalue weighted by molar-refractivity contribution is 0.562. The van der Waals surface area contributed by atoms with Gasteiger partial charge >= 0.3 is 5.69 Å². The largest absolute Gasteiger partial charge is 0.328 e. The van der Waals surface area contributed by atoms with E-state index >= 15 is 0 Å². The zero-order chi connectivity index (χ0) is 10.7. The van der Waals surface area contributed by atoms with E-state index in [9.17, 15) is 4.79 Å². The Hall–Kier alpha value is -1.03. The lowest BCUT2D eigenvalue weighted by atomic mass is 10.3. The van der Waals surface area contributed by atoms with Crippen LogP contribution < -0.4 is 11.0 Å². The van der Waals surface area contributed by atoms with Gasteiger partial charge in [0.25, 0.3) is 0 Å². The Balaban J connectivity index is 1.88. The van der Waals surface area contributed by atoms with Crippen LogP contribution in [0.4, 0.5) is 0 Å². The molecule has 0 atom stereocenters. The molecular weight excluding hydrogens is 190 g/mol. The van der Waals surface area contributed by atoms with Gasteiger partial charge in [0.1, 0.15) is 0 Å². The third-order valence-corrected chi connectivity index (χ3v) is 2.89. The minimum atomic E-state index is 0.168. The lowest BCUT2D eigenvalue weighted by Crippen LogP contribution is -2.23. The number of unbranched alkanes of at least 4 members (excludes halogenated alkanes) is 1. The zero-order valence-corrected chi connectivity index (χ0v) is 9.28. The molecule has 1 N–H and O–H groups in total. The van der Waals surface area contributed by atoms with Crippen LogP contribution in [0.5, 0.6) is 0 Å². The van der Waals surface area contributed by atoms with Crippen molar-refractivity contribution in [2.45, 2.75) is 38.3 Å². The van der Waals surface area contributed by atoms with E-state index in [-0.39, 0.29) is 5.69 Å². The van der Waals surface area contributed by atoms with Gasteiger partial charge in [-0.25, -0.2) is 4.79 Å². The van der Waals surface area contributed by atoms with Crippen molar-refractivity contribution >= 4 is 0 Å². The number of rotatable bonds is 6. The number of hydrogen-bond acceptors (Lipinski definition) is 2. The average Bonchev–Trinajstić information content (AvgIpc) is 3.00. The maximum absolute atomic E-state index is 11.8. The minimum absolute atomic E-state index is 0.168. The molecule has 0 saturated heterocycles. The van der Waals surface area contributed by atoms with Gasteiger partial charge in [0.2, 0.25) is 0 Å². The van der Waals surface area contributed by atoms with Crippen LogP contribution in [0.3, 0.4) is 0 Å². The first kappa shape index (κ1) is 10.5. The molecule has 0 unspecified atom stereocenters. The van der Waals surface area contributed by atoms with Crippen molar-refractivity contribution in [3.8, 4) is 0 Å². The van der Waals surface area contributed by atoms with Crippen LogP contribution in [0.1, 0.15) is 31.7 Å². The van der Waals surface area contributed by atoms with Gasteiger partial charge in [0, 0.05) is 25.0 Å². The smallest absolute Gasteiger partial charge is 0.320 e. The summed E-state index contributed by atoms with van der Waals surface area (Å²) in [5.41, 5.74) is 0.168. The Morgan fingerprint density at radius 2 is 2.20 bits per heavy atom. The molecule has 2 rings (SSSR count). The summed E-state index contributed by atoms with van der Waals surface area (Å²) < 4.78 is 3.70. The average molecular weight is 209 g/mol. The maximum atomic E-state index is 11.8. The summed E-state index contributed by atoms with van der Waals surface area (Å²) in [6.45, 7) is 1.87. The molecule has 1 aromatic heterocycles. The molecule has 0 bridgehead atoms. The van der Waals surface area contributed by atoms with Crippen molar-refractivity contribution in [3.63, 3.8) is 0 Å². The molecule has 0 amide bonds. The fourth-order valence-corrected chi connectivity index (χ4v) is 1.81. The van der Waals surface area contributed by atoms with Crippen molar-refractivity contribution < 1.29 is 0 Å². The van der Waals surface area contributed by atoms with Crippen molar-refractivity contribution in [2.75, 3.05) is 13.6 Å². The second-order valence-electron chi connectivity index (χ2n) is 4.22. The van der Waals surface area contributed by atoms with Crippen molar-refractivity contribution in [1.82, 2.24) is 14.5 Å². The van der Waals surface area contributed by atoms with Crippen LogP contribution in [-0.4, -0.2) is 22.7 Å². The molecule has 0 aromatic carbocycles. The van der Waals surface area contributed by atoms with Crippen LogP contribution in [0.2, 0.25) is 0 Å². The monoisotopic (exact) mass is 209 g/mol. The normalized spacial score (nSPS) is 15.8. The molecule has 1 aliphatic rings. The van der Waals surface area contributed by atoms with Gasteiger partial charge in [0.05, 0.1) is 0 Å². The van der Waals surface area contributed by atoms with Gasteiger partial charge in [-0.15, -0.1) is 0 Å². The van der Waals surface area contributed by atoms with E-state index in [0.717, 1.165) is 25.9 Å². The molecule has 1 aromatic rings. The quantitative estimate of drug-likeness (QED) is 0.709. The first-order chi connectivity index (χ1) is 7.33. The van der Waals surface area contributed by atoms with Gasteiger partial charge in [0.15, 0.2) is 0 Å². The van der Waals surface area contributed by atoms with E-state index in [4.69, 9.17) is 0 Å². The van der Waals surface area contributed by atoms with E-state index in [1.807, 2.05) is 28.6 Å². The molecular formula is C11H19N3O. The standard InChI is InChI=1S/C11H19N3O/c1-12-6-2-3-7-13-8-9-14(11(13)15)10-4-5-10/h8-10,12H,2-7H2,1H3. The molecule has 0 aliphatic heterocycles. The number of imidazole rings is 1. The highest BCUT2D eigenvalue weighted by molar-refractivity contribution is 4.91. The number of aromatic nitrogens is 2. The van der Waals surface area contributed by atoms with E-state index in [1.54, 1.807) is 0 Å². The number of aryl methyl sites for hydroxylation is 1. The molecule has 4 heteroatoms. The van der Waals surface area contributed by atoms with Crippen LogP contribution in [0.15, 0.2) is 17.2 Å². The first-order valence-corrected chi connectivity index (χ1v) is 5.75. The van der Waals surface area contributed by atoms with Crippen LogP contribution in [-0.2, 0) is 6.54 Å². The highest BCUT2D eigenvalue weighted by Crippen LogP contribution is 2.33. The molecule has 1 saturated carbocycles. The molecule has 1 heterocycles. The fourth-order valence-electron chi connectivity index (χ4n) is 1.81. The summed E-state index contributed by atoms with van der Waals surface area (Å²) in [5.74, 6) is 0. The van der Waals surface area contributed by atoms with Gasteiger partial charge in [-0.3, -0.25) is 9.13 Å². The van der Waals surface area contributed by atoms with Gasteiger partial charge in [-0.1, -0.05) is 0 Å². The Morgan fingerprint density at radius 1 is 1.40 bits per heavy atom. The topological polar surface area (TPSA) is 39.0 Å². The highest BCUT2D eigenvalue weighted by Gasteiger charge is 2.25. The second kappa shape index (κ2) is 4.66. The van der Waals surface area contributed by atoms with E-state index in [1.165, 1.54) is 12.8 Å². The number of nitrogens with one attached hydrogen (secondary N) is 1. The first-order valence-electron chi connectivity index (χ1n) is 5.75. The highest BCUT2D eigenvalue weighted by atomic mass is 16.1. The summed E-state index contributed by atoms with van der Waals surface area (Å²) in [5, 5.41) is 3.11. The molecule has 1 fully saturated rings. The summed E-state index contributed by atoms with van der Waals surface area (Å²) in [6.07, 6.45) is 8.37. The maximum Gasteiger partial charge on any atom is 0.328 e. The Kier molecular flexibility index (Phi) is 3.26. The predicted molar refractivity (Wildman–Crippen MR) is 60.1 cm³/mol. The third kappa shape index (κ3) is 2.50. The predicted octanol–water partition coefficient (Wildman–Crippen LogP) is 0.984. The van der Waals surface area contributed by atoms with Gasteiger partial charge in [-0.2, -0.15) is 0 Å². The molecule has 0 spiro atoms. The Bertz CT molecular complexity index is 362. The van der Waals surface area contributed by atoms with Crippen LogP contribution in [0, 0.1) is 0 Å². The fraction of sp³-hybridized carbons (Fsp3) is 0.727. The van der Waals surface area contributed by atoms with Crippen molar-refractivity contribution in [1.29, 1.82) is 0 Å². The number of nitrogens with zero attached hydrogens (tertiary/aromatic N) is 2. The van der Waals surface area contributed by atoms with Crippen LogP contribution >= 0.6 is 0 Å². The third-order valence-electron chi connectivity index (χ3n) is 2.89. The van der Waals surface area contributed by atoms with Crippen LogP contribution in [0.25, 0.3) is 0 Å². The molecule has 1 aliphatic carbocycles. The molecule has 0 radical (unpaired) electrons.